The summed E-state index contributed by atoms with van der Waals surface area (Å²) in [4.78, 5) is 4.00. The van der Waals surface area contributed by atoms with E-state index in [4.69, 9.17) is 0 Å². The molecule has 6 heteroatoms. The minimum Gasteiger partial charge on any atom is -0.313 e. The Morgan fingerprint density at radius 1 is 1.26 bits per heavy atom. The third-order valence-electron chi connectivity index (χ3n) is 2.87. The van der Waals surface area contributed by atoms with Gasteiger partial charge in [-0.05, 0) is 25.1 Å². The van der Waals surface area contributed by atoms with Gasteiger partial charge in [-0.3, -0.25) is 0 Å². The smallest absolute Gasteiger partial charge is 0.313 e. The van der Waals surface area contributed by atoms with Crippen LogP contribution in [0.2, 0.25) is 0 Å². The standard InChI is InChI=1S/C13H13F3N2S/c1-8(17-2)9-5-3-4-6-10(9)11-7-18-12(19-11)13(14,15)16/h3-8,17H,1-2H3. The number of benzene rings is 1. The van der Waals surface area contributed by atoms with Crippen LogP contribution in [0.1, 0.15) is 23.5 Å². The van der Waals surface area contributed by atoms with E-state index >= 15 is 0 Å². The highest BCUT2D eigenvalue weighted by atomic mass is 32.1. The van der Waals surface area contributed by atoms with Crippen LogP contribution in [0.3, 0.4) is 0 Å². The average molecular weight is 286 g/mol. The van der Waals surface area contributed by atoms with E-state index in [0.29, 0.717) is 16.2 Å². The Morgan fingerprint density at radius 3 is 2.53 bits per heavy atom. The lowest BCUT2D eigenvalue weighted by Gasteiger charge is -2.14. The number of rotatable bonds is 3. The summed E-state index contributed by atoms with van der Waals surface area (Å²) >= 11 is 0.671. The van der Waals surface area contributed by atoms with Gasteiger partial charge in [-0.25, -0.2) is 4.98 Å². The highest BCUT2D eigenvalue weighted by Crippen LogP contribution is 2.38. The molecule has 1 aromatic carbocycles. The molecule has 0 radical (unpaired) electrons. The molecule has 1 atom stereocenters. The first-order valence-electron chi connectivity index (χ1n) is 5.73. The molecule has 1 aromatic heterocycles. The second kappa shape index (κ2) is 5.30. The van der Waals surface area contributed by atoms with E-state index in [9.17, 15) is 13.2 Å². The van der Waals surface area contributed by atoms with Crippen molar-refractivity contribution in [2.75, 3.05) is 7.05 Å². The number of hydrogen-bond donors (Lipinski definition) is 1. The molecule has 0 spiro atoms. The quantitative estimate of drug-likeness (QED) is 0.918. The summed E-state index contributed by atoms with van der Waals surface area (Å²) in [5.41, 5.74) is 1.75. The highest BCUT2D eigenvalue weighted by molar-refractivity contribution is 7.15. The molecule has 2 aromatic rings. The van der Waals surface area contributed by atoms with E-state index < -0.39 is 11.2 Å². The molecule has 19 heavy (non-hydrogen) atoms. The fraction of sp³-hybridized carbons (Fsp3) is 0.308. The van der Waals surface area contributed by atoms with Gasteiger partial charge in [0.1, 0.15) is 0 Å². The van der Waals surface area contributed by atoms with Crippen LogP contribution in [0.15, 0.2) is 30.5 Å². The molecule has 102 valence electrons. The van der Waals surface area contributed by atoms with Gasteiger partial charge in [0.15, 0.2) is 5.01 Å². The zero-order valence-corrected chi connectivity index (χ0v) is 11.3. The van der Waals surface area contributed by atoms with Crippen molar-refractivity contribution in [2.45, 2.75) is 19.1 Å². The molecule has 2 rings (SSSR count). The molecule has 1 unspecified atom stereocenters. The fourth-order valence-corrected chi connectivity index (χ4v) is 2.61. The molecule has 1 N–H and O–H groups in total. The number of halogens is 3. The molecular formula is C13H13F3N2S. The molecule has 1 heterocycles. The summed E-state index contributed by atoms with van der Waals surface area (Å²) in [6.07, 6.45) is -3.10. The molecular weight excluding hydrogens is 273 g/mol. The molecule has 0 aliphatic heterocycles. The Morgan fingerprint density at radius 2 is 1.95 bits per heavy atom. The number of thiazole rings is 1. The van der Waals surface area contributed by atoms with Crippen LogP contribution in [-0.4, -0.2) is 12.0 Å². The van der Waals surface area contributed by atoms with Crippen molar-refractivity contribution in [1.29, 1.82) is 0 Å². The maximum atomic E-state index is 12.6. The van der Waals surface area contributed by atoms with Crippen molar-refractivity contribution in [2.24, 2.45) is 0 Å². The summed E-state index contributed by atoms with van der Waals surface area (Å²) in [6.45, 7) is 1.96. The first kappa shape index (κ1) is 14.0. The van der Waals surface area contributed by atoms with Gasteiger partial charge in [0.05, 0.1) is 4.88 Å². The van der Waals surface area contributed by atoms with Crippen molar-refractivity contribution in [3.63, 3.8) is 0 Å². The highest BCUT2D eigenvalue weighted by Gasteiger charge is 2.34. The minimum atomic E-state index is -4.38. The van der Waals surface area contributed by atoms with E-state index in [2.05, 4.69) is 10.3 Å². The van der Waals surface area contributed by atoms with Gasteiger partial charge in [-0.2, -0.15) is 13.2 Å². The Bertz CT molecular complexity index is 563. The maximum absolute atomic E-state index is 12.6. The van der Waals surface area contributed by atoms with E-state index in [1.54, 1.807) is 0 Å². The maximum Gasteiger partial charge on any atom is 0.443 e. The van der Waals surface area contributed by atoms with Gasteiger partial charge in [0, 0.05) is 12.2 Å². The summed E-state index contributed by atoms with van der Waals surface area (Å²) in [6, 6.07) is 7.47. The van der Waals surface area contributed by atoms with Crippen LogP contribution in [-0.2, 0) is 6.18 Å². The summed E-state index contributed by atoms with van der Waals surface area (Å²) < 4.78 is 37.7. The second-order valence-corrected chi connectivity index (χ2v) is 5.16. The van der Waals surface area contributed by atoms with Crippen molar-refractivity contribution in [3.8, 4) is 10.4 Å². The van der Waals surface area contributed by atoms with Gasteiger partial charge in [-0.1, -0.05) is 24.3 Å². The monoisotopic (exact) mass is 286 g/mol. The number of alkyl halides is 3. The van der Waals surface area contributed by atoms with E-state index in [1.807, 2.05) is 38.2 Å². The number of aromatic nitrogens is 1. The summed E-state index contributed by atoms with van der Waals surface area (Å²) in [5, 5.41) is 2.28. The SMILES string of the molecule is CNC(C)c1ccccc1-c1cnc(C(F)(F)F)s1. The fourth-order valence-electron chi connectivity index (χ4n) is 1.78. The molecule has 0 fully saturated rings. The largest absolute Gasteiger partial charge is 0.443 e. The molecule has 0 aliphatic rings. The second-order valence-electron chi connectivity index (χ2n) is 4.13. The first-order chi connectivity index (χ1) is 8.93. The summed E-state index contributed by atoms with van der Waals surface area (Å²) in [5.74, 6) is 0. The van der Waals surface area contributed by atoms with Crippen LogP contribution in [0.4, 0.5) is 13.2 Å². The minimum absolute atomic E-state index is 0.0626. The van der Waals surface area contributed by atoms with Crippen LogP contribution in [0, 0.1) is 0 Å². The van der Waals surface area contributed by atoms with Crippen LogP contribution in [0.25, 0.3) is 10.4 Å². The predicted molar refractivity (Wildman–Crippen MR) is 70.0 cm³/mol. The summed E-state index contributed by atoms with van der Waals surface area (Å²) in [7, 11) is 1.81. The van der Waals surface area contributed by atoms with Crippen LogP contribution < -0.4 is 5.32 Å². The van der Waals surface area contributed by atoms with Crippen molar-refractivity contribution in [1.82, 2.24) is 10.3 Å². The number of hydrogen-bond acceptors (Lipinski definition) is 3. The van der Waals surface area contributed by atoms with E-state index in [0.717, 1.165) is 11.1 Å². The van der Waals surface area contributed by atoms with Crippen LogP contribution in [0.5, 0.6) is 0 Å². The van der Waals surface area contributed by atoms with E-state index in [-0.39, 0.29) is 6.04 Å². The topological polar surface area (TPSA) is 24.9 Å². The van der Waals surface area contributed by atoms with Gasteiger partial charge >= 0.3 is 6.18 Å². The lowest BCUT2D eigenvalue weighted by Crippen LogP contribution is -2.13. The predicted octanol–water partition coefficient (Wildman–Crippen LogP) is 4.11. The molecule has 0 aliphatic carbocycles. The Labute approximate surface area is 113 Å². The zero-order chi connectivity index (χ0) is 14.0. The van der Waals surface area contributed by atoms with Crippen molar-refractivity contribution >= 4 is 11.3 Å². The van der Waals surface area contributed by atoms with Crippen molar-refractivity contribution < 1.29 is 13.2 Å². The Kier molecular flexibility index (Phi) is 3.91. The van der Waals surface area contributed by atoms with Gasteiger partial charge in [-0.15, -0.1) is 11.3 Å². The number of nitrogens with zero attached hydrogens (tertiary/aromatic N) is 1. The van der Waals surface area contributed by atoms with Gasteiger partial charge < -0.3 is 5.32 Å². The Hall–Kier alpha value is -1.40. The normalized spacial score (nSPS) is 13.5. The Balaban J connectivity index is 2.45. The first-order valence-corrected chi connectivity index (χ1v) is 6.54. The van der Waals surface area contributed by atoms with Gasteiger partial charge in [0.2, 0.25) is 0 Å². The molecule has 0 saturated heterocycles. The van der Waals surface area contributed by atoms with E-state index in [1.165, 1.54) is 6.20 Å². The zero-order valence-electron chi connectivity index (χ0n) is 10.5. The third-order valence-corrected chi connectivity index (χ3v) is 3.95. The average Bonchev–Trinajstić information content (AvgIpc) is 2.87. The van der Waals surface area contributed by atoms with Gasteiger partial charge in [0.25, 0.3) is 0 Å². The molecule has 0 amide bonds. The van der Waals surface area contributed by atoms with Crippen molar-refractivity contribution in [3.05, 3.63) is 41.0 Å². The lowest BCUT2D eigenvalue weighted by molar-refractivity contribution is -0.137. The third kappa shape index (κ3) is 2.96. The molecule has 0 bridgehead atoms. The van der Waals surface area contributed by atoms with Crippen LogP contribution >= 0.6 is 11.3 Å². The number of nitrogens with one attached hydrogen (secondary N) is 1. The molecule has 2 nitrogen and oxygen atoms in total. The lowest BCUT2D eigenvalue weighted by atomic mass is 10.0. The molecule has 0 saturated carbocycles.